The van der Waals surface area contributed by atoms with E-state index in [9.17, 15) is 22.0 Å². The van der Waals surface area contributed by atoms with Crippen LogP contribution in [-0.4, -0.2) is 42.2 Å². The van der Waals surface area contributed by atoms with Crippen LogP contribution in [0.3, 0.4) is 0 Å². The summed E-state index contributed by atoms with van der Waals surface area (Å²) >= 11 is 0. The summed E-state index contributed by atoms with van der Waals surface area (Å²) in [7, 11) is -2.43. The summed E-state index contributed by atoms with van der Waals surface area (Å²) in [5.41, 5.74) is -0.285. The second kappa shape index (κ2) is 8.11. The van der Waals surface area contributed by atoms with Gasteiger partial charge < -0.3 is 4.74 Å². The van der Waals surface area contributed by atoms with Gasteiger partial charge in [0, 0.05) is 18.7 Å². The summed E-state index contributed by atoms with van der Waals surface area (Å²) in [5, 5.41) is 7.10. The minimum Gasteiger partial charge on any atom is -0.479 e. The molecular weight excluding hydrogens is 406 g/mol. The Kier molecular flexibility index (Phi) is 5.78. The van der Waals surface area contributed by atoms with Crippen LogP contribution in [0.15, 0.2) is 24.4 Å². The monoisotopic (exact) mass is 424 g/mol. The molecule has 0 saturated heterocycles. The summed E-state index contributed by atoms with van der Waals surface area (Å²) in [4.78, 5) is 16.7. The minimum absolute atomic E-state index is 0.259. The number of anilines is 1. The van der Waals surface area contributed by atoms with E-state index in [1.165, 1.54) is 13.3 Å². The molecule has 0 saturated carbocycles. The van der Waals surface area contributed by atoms with Crippen molar-refractivity contribution < 1.29 is 26.7 Å². The van der Waals surface area contributed by atoms with Gasteiger partial charge in [0.15, 0.2) is 17.2 Å². The lowest BCUT2D eigenvalue weighted by molar-refractivity contribution is 0.0988. The smallest absolute Gasteiger partial charge is 0.241 e. The highest BCUT2D eigenvalue weighted by atomic mass is 32.2. The van der Waals surface area contributed by atoms with Gasteiger partial charge in [-0.1, -0.05) is 6.92 Å². The predicted molar refractivity (Wildman–Crippen MR) is 103 cm³/mol. The molecule has 0 aliphatic heterocycles. The summed E-state index contributed by atoms with van der Waals surface area (Å²) in [5.74, 6) is -2.78. The zero-order valence-corrected chi connectivity index (χ0v) is 16.4. The summed E-state index contributed by atoms with van der Waals surface area (Å²) in [6.45, 7) is 1.63. The van der Waals surface area contributed by atoms with E-state index in [-0.39, 0.29) is 18.1 Å². The van der Waals surface area contributed by atoms with Crippen LogP contribution in [0.2, 0.25) is 0 Å². The zero-order valence-electron chi connectivity index (χ0n) is 15.6. The van der Waals surface area contributed by atoms with Crippen molar-refractivity contribution in [1.29, 1.82) is 0 Å². The van der Waals surface area contributed by atoms with E-state index in [0.717, 1.165) is 6.07 Å². The molecule has 11 heteroatoms. The number of nitrogens with one attached hydrogen (secondary N) is 2. The molecule has 0 aliphatic rings. The van der Waals surface area contributed by atoms with Crippen LogP contribution in [-0.2, 0) is 16.4 Å². The Labute approximate surface area is 165 Å². The number of benzene rings is 1. The van der Waals surface area contributed by atoms with Gasteiger partial charge in [-0.05, 0) is 24.1 Å². The lowest BCUT2D eigenvalue weighted by Crippen LogP contribution is -2.18. The average molecular weight is 424 g/mol. The summed E-state index contributed by atoms with van der Waals surface area (Å²) in [6.07, 6.45) is 1.42. The first kappa shape index (κ1) is 20.6. The Bertz CT molecular complexity index is 1180. The van der Waals surface area contributed by atoms with Crippen LogP contribution in [0.25, 0.3) is 11.0 Å². The average Bonchev–Trinajstić information content (AvgIpc) is 3.06. The molecule has 0 radical (unpaired) electrons. The molecule has 0 bridgehead atoms. The minimum atomic E-state index is -3.85. The number of methoxy groups -OCH3 is 1. The largest absolute Gasteiger partial charge is 0.479 e. The molecule has 154 valence electrons. The standard InChI is InChI=1S/C18H18F2N4O4S/c1-3-4-29(26,27)24-14-8-11(19)7-12(16(14)20)15(25)6-10-5-13-17(21-9-10)22-23-18(13)28-2/h5,7-9,24H,3-4,6H2,1-2H3,(H,21,22,23). The topological polar surface area (TPSA) is 114 Å². The number of pyridine rings is 1. The van der Waals surface area contributed by atoms with E-state index in [1.54, 1.807) is 13.0 Å². The van der Waals surface area contributed by atoms with Gasteiger partial charge in [-0.25, -0.2) is 22.2 Å². The van der Waals surface area contributed by atoms with E-state index < -0.39 is 38.7 Å². The molecule has 8 nitrogen and oxygen atoms in total. The Morgan fingerprint density at radius 2 is 2.03 bits per heavy atom. The van der Waals surface area contributed by atoms with Gasteiger partial charge in [0.2, 0.25) is 15.9 Å². The molecule has 1 aromatic carbocycles. The highest BCUT2D eigenvalue weighted by Gasteiger charge is 2.21. The van der Waals surface area contributed by atoms with Crippen molar-refractivity contribution in [2.24, 2.45) is 0 Å². The number of carbonyl (C=O) groups is 1. The molecule has 0 spiro atoms. The van der Waals surface area contributed by atoms with Crippen LogP contribution in [0.5, 0.6) is 5.88 Å². The number of hydrogen-bond donors (Lipinski definition) is 2. The van der Waals surface area contributed by atoms with Gasteiger partial charge >= 0.3 is 0 Å². The summed E-state index contributed by atoms with van der Waals surface area (Å²) < 4.78 is 59.5. The molecule has 2 N–H and O–H groups in total. The molecule has 2 heterocycles. The molecule has 29 heavy (non-hydrogen) atoms. The second-order valence-electron chi connectivity index (χ2n) is 6.31. The third-order valence-corrected chi connectivity index (χ3v) is 5.55. The van der Waals surface area contributed by atoms with Crippen LogP contribution in [0.1, 0.15) is 29.3 Å². The maximum absolute atomic E-state index is 14.7. The second-order valence-corrected chi connectivity index (χ2v) is 8.15. The molecule has 0 aliphatic carbocycles. The lowest BCUT2D eigenvalue weighted by atomic mass is 10.0. The first-order valence-electron chi connectivity index (χ1n) is 8.63. The first-order valence-corrected chi connectivity index (χ1v) is 10.3. The van der Waals surface area contributed by atoms with Crippen LogP contribution in [0, 0.1) is 11.6 Å². The van der Waals surface area contributed by atoms with Crippen molar-refractivity contribution in [3.05, 3.63) is 47.2 Å². The molecule has 3 aromatic rings. The molecule has 3 rings (SSSR count). The van der Waals surface area contributed by atoms with Crippen molar-refractivity contribution in [3.8, 4) is 5.88 Å². The van der Waals surface area contributed by atoms with E-state index in [2.05, 4.69) is 15.2 Å². The number of fused-ring (bicyclic) bond motifs is 1. The molecule has 0 unspecified atom stereocenters. The molecule has 0 amide bonds. The quantitative estimate of drug-likeness (QED) is 0.538. The number of aromatic amines is 1. The zero-order chi connectivity index (χ0) is 21.2. The highest BCUT2D eigenvalue weighted by molar-refractivity contribution is 7.92. The van der Waals surface area contributed by atoms with E-state index in [1.807, 2.05) is 4.72 Å². The van der Waals surface area contributed by atoms with Crippen molar-refractivity contribution in [1.82, 2.24) is 15.2 Å². The third-order valence-electron chi connectivity index (χ3n) is 4.07. The fraction of sp³-hybridized carbons (Fsp3) is 0.278. The number of aromatic nitrogens is 3. The maximum Gasteiger partial charge on any atom is 0.241 e. The number of ether oxygens (including phenoxy) is 1. The SMILES string of the molecule is CCCS(=O)(=O)Nc1cc(F)cc(C(=O)Cc2cnc3[nH]nc(OC)c3c2)c1F. The van der Waals surface area contributed by atoms with Crippen LogP contribution in [0.4, 0.5) is 14.5 Å². The Hall–Kier alpha value is -3.08. The Morgan fingerprint density at radius 3 is 2.72 bits per heavy atom. The molecular formula is C18H18F2N4O4S. The van der Waals surface area contributed by atoms with Crippen LogP contribution >= 0.6 is 0 Å². The fourth-order valence-corrected chi connectivity index (χ4v) is 3.93. The number of halogens is 2. The number of carbonyl (C=O) groups excluding carboxylic acids is 1. The van der Waals surface area contributed by atoms with Crippen molar-refractivity contribution in [2.75, 3.05) is 17.6 Å². The van der Waals surface area contributed by atoms with Crippen molar-refractivity contribution >= 4 is 32.5 Å². The number of hydrogen-bond acceptors (Lipinski definition) is 6. The summed E-state index contributed by atoms with van der Waals surface area (Å²) in [6, 6.07) is 3.04. The van der Waals surface area contributed by atoms with Crippen LogP contribution < -0.4 is 9.46 Å². The Morgan fingerprint density at radius 1 is 1.28 bits per heavy atom. The van der Waals surface area contributed by atoms with Gasteiger partial charge in [-0.3, -0.25) is 14.6 Å². The van der Waals surface area contributed by atoms with Gasteiger partial charge in [-0.15, -0.1) is 5.10 Å². The van der Waals surface area contributed by atoms with Gasteiger partial charge in [0.05, 0.1) is 29.5 Å². The Balaban J connectivity index is 1.91. The first-order chi connectivity index (χ1) is 13.7. The van der Waals surface area contributed by atoms with Gasteiger partial charge in [0.1, 0.15) is 5.82 Å². The molecule has 2 aromatic heterocycles. The van der Waals surface area contributed by atoms with E-state index in [0.29, 0.717) is 29.1 Å². The normalized spacial score (nSPS) is 11.6. The fourth-order valence-electron chi connectivity index (χ4n) is 2.81. The van der Waals surface area contributed by atoms with Crippen molar-refractivity contribution in [2.45, 2.75) is 19.8 Å². The van der Waals surface area contributed by atoms with Gasteiger partial charge in [0.25, 0.3) is 0 Å². The predicted octanol–water partition coefficient (Wildman–Crippen LogP) is 2.82. The maximum atomic E-state index is 14.7. The molecule has 0 atom stereocenters. The van der Waals surface area contributed by atoms with E-state index >= 15 is 0 Å². The van der Waals surface area contributed by atoms with Crippen molar-refractivity contribution in [3.63, 3.8) is 0 Å². The lowest BCUT2D eigenvalue weighted by Gasteiger charge is -2.11. The highest BCUT2D eigenvalue weighted by Crippen LogP contribution is 2.25. The van der Waals surface area contributed by atoms with Gasteiger partial charge in [-0.2, -0.15) is 0 Å². The van der Waals surface area contributed by atoms with E-state index in [4.69, 9.17) is 4.74 Å². The number of Topliss-reactive ketones (excluding diaryl/α,β-unsaturated/α-hetero) is 1. The number of H-pyrrole nitrogens is 1. The molecule has 0 fully saturated rings. The number of sulfonamides is 1. The number of nitrogens with zero attached hydrogens (tertiary/aromatic N) is 2. The number of rotatable bonds is 8. The third kappa shape index (κ3) is 4.50. The number of ketones is 1.